The summed E-state index contributed by atoms with van der Waals surface area (Å²) in [6, 6.07) is 15.1. The number of carbonyl (C=O) groups is 2. The molecule has 3 N–H and O–H groups in total. The highest BCUT2D eigenvalue weighted by molar-refractivity contribution is 7.99. The average Bonchev–Trinajstić information content (AvgIpc) is 3.19. The van der Waals surface area contributed by atoms with Gasteiger partial charge in [-0.15, -0.1) is 0 Å². The Balaban J connectivity index is 1.58. The number of hydrogen-bond acceptors (Lipinski definition) is 6. The summed E-state index contributed by atoms with van der Waals surface area (Å²) in [4.78, 5) is 29.1. The minimum atomic E-state index is -0.258. The predicted octanol–water partition coefficient (Wildman–Crippen LogP) is 2.74. The number of rotatable bonds is 10. The Hall–Kier alpha value is -3.30. The van der Waals surface area contributed by atoms with Crippen molar-refractivity contribution in [2.45, 2.75) is 31.8 Å². The number of methoxy groups -OCH3 is 1. The molecule has 2 aromatic carbocycles. The Labute approximate surface area is 191 Å². The molecule has 0 radical (unpaired) electrons. The first-order valence-corrected chi connectivity index (χ1v) is 11.0. The van der Waals surface area contributed by atoms with Gasteiger partial charge in [0.15, 0.2) is 5.16 Å². The lowest BCUT2D eigenvalue weighted by Crippen LogP contribution is -2.28. The molecule has 0 aliphatic heterocycles. The minimum absolute atomic E-state index is 0.00177. The van der Waals surface area contributed by atoms with Crippen molar-refractivity contribution in [1.82, 2.24) is 14.9 Å². The van der Waals surface area contributed by atoms with Gasteiger partial charge >= 0.3 is 0 Å². The number of thioether (sulfide) groups is 1. The third-order valence-electron chi connectivity index (χ3n) is 4.69. The van der Waals surface area contributed by atoms with Gasteiger partial charge in [-0.05, 0) is 24.6 Å². The fraction of sp³-hybridized carbons (Fsp3) is 0.261. The quantitative estimate of drug-likeness (QED) is 0.407. The van der Waals surface area contributed by atoms with E-state index < -0.39 is 0 Å². The van der Waals surface area contributed by atoms with E-state index in [0.29, 0.717) is 28.8 Å². The molecule has 1 heterocycles. The smallest absolute Gasteiger partial charge is 0.240 e. The Bertz CT molecular complexity index is 1070. The molecule has 1 aromatic heterocycles. The van der Waals surface area contributed by atoms with Crippen molar-refractivity contribution in [1.29, 1.82) is 0 Å². The van der Waals surface area contributed by atoms with Crippen molar-refractivity contribution in [2.24, 2.45) is 0 Å². The maximum Gasteiger partial charge on any atom is 0.240 e. The highest BCUT2D eigenvalue weighted by Crippen LogP contribution is 2.24. The van der Waals surface area contributed by atoms with Crippen LogP contribution in [0.1, 0.15) is 16.8 Å². The molecule has 2 amide bonds. The zero-order valence-electron chi connectivity index (χ0n) is 18.0. The molecule has 0 unspecified atom stereocenters. The number of carbonyl (C=O) groups excluding carboxylic acids is 2. The van der Waals surface area contributed by atoms with Crippen LogP contribution in [0, 0.1) is 6.92 Å². The molecule has 8 nitrogen and oxygen atoms in total. The Morgan fingerprint density at radius 1 is 1.12 bits per heavy atom. The number of nitrogens with one attached hydrogen (secondary N) is 2. The number of aromatic nitrogens is 2. The largest absolute Gasteiger partial charge is 0.495 e. The van der Waals surface area contributed by atoms with Gasteiger partial charge in [-0.25, -0.2) is 4.98 Å². The minimum Gasteiger partial charge on any atom is -0.495 e. The monoisotopic (exact) mass is 454 g/mol. The highest BCUT2D eigenvalue weighted by atomic mass is 32.2. The maximum absolute atomic E-state index is 12.5. The van der Waals surface area contributed by atoms with E-state index in [1.807, 2.05) is 37.3 Å². The summed E-state index contributed by atoms with van der Waals surface area (Å²) in [6.45, 7) is 2.16. The number of aliphatic hydroxyl groups excluding tert-OH is 1. The van der Waals surface area contributed by atoms with Crippen LogP contribution in [0.3, 0.4) is 0 Å². The van der Waals surface area contributed by atoms with Gasteiger partial charge in [0.25, 0.3) is 0 Å². The standard InChI is InChI=1S/C23H26N4O4S/c1-16-7-9-17(10-8-16)11-24-21(29)13-27-18(14-28)12-25-23(27)32-15-22(30)26-19-5-3-4-6-20(19)31-2/h3-10,12,28H,11,13-15H2,1-2H3,(H,24,29)(H,26,30). The Morgan fingerprint density at radius 2 is 1.88 bits per heavy atom. The van der Waals surface area contributed by atoms with E-state index in [1.165, 1.54) is 25.1 Å². The first-order valence-electron chi connectivity index (χ1n) is 10.0. The molecule has 3 rings (SSSR count). The molecule has 0 saturated heterocycles. The fourth-order valence-corrected chi connectivity index (χ4v) is 3.77. The number of ether oxygens (including phenoxy) is 1. The SMILES string of the molecule is COc1ccccc1NC(=O)CSc1ncc(CO)n1CC(=O)NCc1ccc(C)cc1. The van der Waals surface area contributed by atoms with Gasteiger partial charge in [0.2, 0.25) is 11.8 Å². The summed E-state index contributed by atoms with van der Waals surface area (Å²) in [6.07, 6.45) is 1.51. The second kappa shape index (κ2) is 11.4. The van der Waals surface area contributed by atoms with E-state index in [1.54, 1.807) is 22.8 Å². The molecule has 0 aliphatic rings. The average molecular weight is 455 g/mol. The van der Waals surface area contributed by atoms with Crippen LogP contribution in [-0.4, -0.2) is 39.3 Å². The van der Waals surface area contributed by atoms with Crippen LogP contribution in [0.5, 0.6) is 5.75 Å². The summed E-state index contributed by atoms with van der Waals surface area (Å²) in [5.41, 5.74) is 3.24. The molecule has 0 spiro atoms. The third-order valence-corrected chi connectivity index (χ3v) is 5.68. The molecular weight excluding hydrogens is 428 g/mol. The topological polar surface area (TPSA) is 105 Å². The molecule has 0 bridgehead atoms. The summed E-state index contributed by atoms with van der Waals surface area (Å²) in [5, 5.41) is 15.8. The summed E-state index contributed by atoms with van der Waals surface area (Å²) >= 11 is 1.19. The van der Waals surface area contributed by atoms with Crippen LogP contribution in [0.25, 0.3) is 0 Å². The van der Waals surface area contributed by atoms with E-state index >= 15 is 0 Å². The first kappa shape index (κ1) is 23.4. The first-order chi connectivity index (χ1) is 15.5. The van der Waals surface area contributed by atoms with Crippen LogP contribution in [0.15, 0.2) is 59.9 Å². The number of amides is 2. The van der Waals surface area contributed by atoms with Crippen LogP contribution in [0.4, 0.5) is 5.69 Å². The van der Waals surface area contributed by atoms with Crippen molar-refractivity contribution in [3.8, 4) is 5.75 Å². The molecule has 0 atom stereocenters. The third kappa shape index (κ3) is 6.35. The number of imidazole rings is 1. The van der Waals surface area contributed by atoms with Gasteiger partial charge in [0.05, 0.1) is 37.0 Å². The molecule has 9 heteroatoms. The normalized spacial score (nSPS) is 10.6. The molecular formula is C23H26N4O4S. The lowest BCUT2D eigenvalue weighted by atomic mass is 10.1. The predicted molar refractivity (Wildman–Crippen MR) is 124 cm³/mol. The summed E-state index contributed by atoms with van der Waals surface area (Å²) in [5.74, 6) is 0.215. The summed E-state index contributed by atoms with van der Waals surface area (Å²) in [7, 11) is 1.54. The number of aryl methyl sites for hydroxylation is 1. The van der Waals surface area contributed by atoms with E-state index in [-0.39, 0.29) is 30.7 Å². The number of para-hydroxylation sites is 2. The number of anilines is 1. The van der Waals surface area contributed by atoms with Gasteiger partial charge < -0.3 is 25.0 Å². The maximum atomic E-state index is 12.5. The second-order valence-electron chi connectivity index (χ2n) is 7.08. The molecule has 3 aromatic rings. The van der Waals surface area contributed by atoms with Crippen LogP contribution in [-0.2, 0) is 29.3 Å². The van der Waals surface area contributed by atoms with Crippen LogP contribution < -0.4 is 15.4 Å². The summed E-state index contributed by atoms with van der Waals surface area (Å²) < 4.78 is 6.86. The fourth-order valence-electron chi connectivity index (χ4n) is 2.97. The van der Waals surface area contributed by atoms with E-state index in [4.69, 9.17) is 4.74 Å². The molecule has 0 aliphatic carbocycles. The van der Waals surface area contributed by atoms with Crippen LogP contribution in [0.2, 0.25) is 0 Å². The number of hydrogen-bond donors (Lipinski definition) is 3. The molecule has 32 heavy (non-hydrogen) atoms. The van der Waals surface area contributed by atoms with Crippen molar-refractivity contribution < 1.29 is 19.4 Å². The second-order valence-corrected chi connectivity index (χ2v) is 8.02. The van der Waals surface area contributed by atoms with Gasteiger partial charge in [0.1, 0.15) is 12.3 Å². The van der Waals surface area contributed by atoms with Gasteiger partial charge in [-0.2, -0.15) is 0 Å². The van der Waals surface area contributed by atoms with Gasteiger partial charge in [0, 0.05) is 6.54 Å². The van der Waals surface area contributed by atoms with Crippen LogP contribution >= 0.6 is 11.8 Å². The zero-order chi connectivity index (χ0) is 22.9. The van der Waals surface area contributed by atoms with Crippen molar-refractivity contribution >= 4 is 29.3 Å². The van der Waals surface area contributed by atoms with E-state index in [2.05, 4.69) is 15.6 Å². The van der Waals surface area contributed by atoms with E-state index in [9.17, 15) is 14.7 Å². The Morgan fingerprint density at radius 3 is 2.59 bits per heavy atom. The van der Waals surface area contributed by atoms with Crippen molar-refractivity contribution in [3.63, 3.8) is 0 Å². The number of aliphatic hydroxyl groups is 1. The Kier molecular flexibility index (Phi) is 8.29. The highest BCUT2D eigenvalue weighted by Gasteiger charge is 2.15. The lowest BCUT2D eigenvalue weighted by molar-refractivity contribution is -0.122. The van der Waals surface area contributed by atoms with Crippen molar-refractivity contribution in [2.75, 3.05) is 18.2 Å². The number of benzene rings is 2. The van der Waals surface area contributed by atoms with Crippen molar-refractivity contribution in [3.05, 3.63) is 71.5 Å². The van der Waals surface area contributed by atoms with Gasteiger partial charge in [-0.1, -0.05) is 53.7 Å². The van der Waals surface area contributed by atoms with Gasteiger partial charge in [-0.3, -0.25) is 9.59 Å². The van der Waals surface area contributed by atoms with E-state index in [0.717, 1.165) is 11.1 Å². The molecule has 168 valence electrons. The zero-order valence-corrected chi connectivity index (χ0v) is 18.8. The molecule has 0 fully saturated rings. The molecule has 0 saturated carbocycles. The number of nitrogens with zero attached hydrogens (tertiary/aromatic N) is 2. The lowest BCUT2D eigenvalue weighted by Gasteiger charge is -2.12.